The number of ether oxygens (including phenoxy) is 2. The van der Waals surface area contributed by atoms with Crippen molar-refractivity contribution in [2.24, 2.45) is 0 Å². The second kappa shape index (κ2) is 5.09. The normalized spacial score (nSPS) is 9.27. The van der Waals surface area contributed by atoms with Gasteiger partial charge >= 0.3 is 6.03 Å². The third kappa shape index (κ3) is 2.77. The lowest BCUT2D eigenvalue weighted by atomic mass is 10.2. The zero-order chi connectivity index (χ0) is 11.3. The van der Waals surface area contributed by atoms with Gasteiger partial charge in [-0.2, -0.15) is 0 Å². The number of benzene rings is 1. The van der Waals surface area contributed by atoms with Crippen LogP contribution < -0.4 is 20.1 Å². The maximum absolute atomic E-state index is 11.1. The zero-order valence-corrected chi connectivity index (χ0v) is 8.96. The minimum Gasteiger partial charge on any atom is -0.497 e. The van der Waals surface area contributed by atoms with Crippen molar-refractivity contribution in [3.05, 3.63) is 18.2 Å². The molecule has 5 nitrogen and oxygen atoms in total. The SMILES string of the molecule is CNC(=O)Nc1ccc(OC)cc1OC. The molecule has 0 saturated carbocycles. The lowest BCUT2D eigenvalue weighted by Crippen LogP contribution is -2.24. The van der Waals surface area contributed by atoms with Crippen LogP contribution in [0.5, 0.6) is 11.5 Å². The second-order valence-corrected chi connectivity index (χ2v) is 2.77. The van der Waals surface area contributed by atoms with E-state index < -0.39 is 0 Å². The molecule has 0 radical (unpaired) electrons. The number of hydrogen-bond donors (Lipinski definition) is 2. The fraction of sp³-hybridized carbons (Fsp3) is 0.300. The number of amides is 2. The molecule has 0 saturated heterocycles. The van der Waals surface area contributed by atoms with Crippen LogP contribution in [0.4, 0.5) is 10.5 Å². The van der Waals surface area contributed by atoms with Gasteiger partial charge in [0.2, 0.25) is 0 Å². The van der Waals surface area contributed by atoms with Crippen molar-refractivity contribution in [1.82, 2.24) is 5.32 Å². The van der Waals surface area contributed by atoms with Crippen molar-refractivity contribution in [3.8, 4) is 11.5 Å². The van der Waals surface area contributed by atoms with E-state index in [1.54, 1.807) is 32.4 Å². The summed E-state index contributed by atoms with van der Waals surface area (Å²) in [5.41, 5.74) is 0.595. The maximum Gasteiger partial charge on any atom is 0.319 e. The summed E-state index contributed by atoms with van der Waals surface area (Å²) < 4.78 is 10.1. The highest BCUT2D eigenvalue weighted by molar-refractivity contribution is 5.90. The first-order valence-corrected chi connectivity index (χ1v) is 4.42. The Morgan fingerprint density at radius 2 is 2.00 bits per heavy atom. The average Bonchev–Trinajstić information content (AvgIpc) is 2.29. The zero-order valence-electron chi connectivity index (χ0n) is 8.96. The lowest BCUT2D eigenvalue weighted by molar-refractivity contribution is 0.254. The van der Waals surface area contributed by atoms with Gasteiger partial charge in [-0.05, 0) is 12.1 Å². The Balaban J connectivity index is 2.92. The third-order valence-corrected chi connectivity index (χ3v) is 1.88. The number of nitrogens with one attached hydrogen (secondary N) is 2. The summed E-state index contributed by atoms with van der Waals surface area (Å²) in [5, 5.41) is 5.09. The highest BCUT2D eigenvalue weighted by Gasteiger charge is 2.06. The average molecular weight is 210 g/mol. The molecule has 0 heterocycles. The van der Waals surface area contributed by atoms with Crippen molar-refractivity contribution < 1.29 is 14.3 Å². The second-order valence-electron chi connectivity index (χ2n) is 2.77. The summed E-state index contributed by atoms with van der Waals surface area (Å²) in [5.74, 6) is 1.23. The van der Waals surface area contributed by atoms with Crippen molar-refractivity contribution in [2.45, 2.75) is 0 Å². The minimum atomic E-state index is -0.293. The standard InChI is InChI=1S/C10H14N2O3/c1-11-10(13)12-8-5-4-7(14-2)6-9(8)15-3/h4-6H,1-3H3,(H2,11,12,13). The van der Waals surface area contributed by atoms with E-state index in [0.717, 1.165) is 0 Å². The number of anilines is 1. The first-order valence-electron chi connectivity index (χ1n) is 4.42. The fourth-order valence-corrected chi connectivity index (χ4v) is 1.09. The van der Waals surface area contributed by atoms with Crippen molar-refractivity contribution in [3.63, 3.8) is 0 Å². The summed E-state index contributed by atoms with van der Waals surface area (Å²) in [6.45, 7) is 0. The van der Waals surface area contributed by atoms with Crippen LogP contribution in [0.1, 0.15) is 0 Å². The lowest BCUT2D eigenvalue weighted by Gasteiger charge is -2.10. The molecule has 0 aliphatic rings. The summed E-state index contributed by atoms with van der Waals surface area (Å²) in [6, 6.07) is 4.87. The summed E-state index contributed by atoms with van der Waals surface area (Å²) in [6.07, 6.45) is 0. The van der Waals surface area contributed by atoms with E-state index >= 15 is 0 Å². The first kappa shape index (κ1) is 11.2. The van der Waals surface area contributed by atoms with Crippen molar-refractivity contribution in [2.75, 3.05) is 26.6 Å². The molecule has 0 fully saturated rings. The van der Waals surface area contributed by atoms with Crippen molar-refractivity contribution in [1.29, 1.82) is 0 Å². The van der Waals surface area contributed by atoms with E-state index in [1.165, 1.54) is 7.11 Å². The van der Waals surface area contributed by atoms with E-state index in [0.29, 0.717) is 17.2 Å². The molecular weight excluding hydrogens is 196 g/mol. The van der Waals surface area contributed by atoms with Crippen LogP contribution in [-0.4, -0.2) is 27.3 Å². The van der Waals surface area contributed by atoms with Crippen LogP contribution >= 0.6 is 0 Å². The smallest absolute Gasteiger partial charge is 0.319 e. The monoisotopic (exact) mass is 210 g/mol. The number of carbonyl (C=O) groups excluding carboxylic acids is 1. The Kier molecular flexibility index (Phi) is 3.79. The Labute approximate surface area is 88.4 Å². The fourth-order valence-electron chi connectivity index (χ4n) is 1.09. The molecule has 0 unspecified atom stereocenters. The largest absolute Gasteiger partial charge is 0.497 e. The van der Waals surface area contributed by atoms with Crippen LogP contribution in [0.15, 0.2) is 18.2 Å². The molecule has 1 aromatic rings. The van der Waals surface area contributed by atoms with Gasteiger partial charge in [0.25, 0.3) is 0 Å². The molecule has 0 spiro atoms. The van der Waals surface area contributed by atoms with Crippen molar-refractivity contribution >= 4 is 11.7 Å². The van der Waals surface area contributed by atoms with E-state index in [9.17, 15) is 4.79 Å². The van der Waals surface area contributed by atoms with Gasteiger partial charge in [0.05, 0.1) is 19.9 Å². The molecule has 15 heavy (non-hydrogen) atoms. The highest BCUT2D eigenvalue weighted by Crippen LogP contribution is 2.28. The van der Waals surface area contributed by atoms with E-state index in [-0.39, 0.29) is 6.03 Å². The molecule has 2 N–H and O–H groups in total. The van der Waals surface area contributed by atoms with E-state index in [2.05, 4.69) is 10.6 Å². The van der Waals surface area contributed by atoms with Crippen LogP contribution in [0.3, 0.4) is 0 Å². The Morgan fingerprint density at radius 3 is 2.53 bits per heavy atom. The molecule has 1 aromatic carbocycles. The van der Waals surface area contributed by atoms with Gasteiger partial charge in [-0.25, -0.2) is 4.79 Å². The predicted molar refractivity (Wildman–Crippen MR) is 57.6 cm³/mol. The van der Waals surface area contributed by atoms with E-state index in [4.69, 9.17) is 9.47 Å². The maximum atomic E-state index is 11.1. The number of hydrogen-bond acceptors (Lipinski definition) is 3. The molecule has 2 amide bonds. The Hall–Kier alpha value is -1.91. The predicted octanol–water partition coefficient (Wildman–Crippen LogP) is 1.46. The number of methoxy groups -OCH3 is 2. The molecule has 5 heteroatoms. The quantitative estimate of drug-likeness (QED) is 0.793. The van der Waals surface area contributed by atoms with Gasteiger partial charge in [-0.1, -0.05) is 0 Å². The number of urea groups is 1. The molecule has 0 atom stereocenters. The molecule has 0 aliphatic heterocycles. The Bertz CT molecular complexity index is 353. The number of rotatable bonds is 3. The molecule has 0 aliphatic carbocycles. The van der Waals surface area contributed by atoms with Gasteiger partial charge < -0.3 is 20.1 Å². The molecule has 0 bridgehead atoms. The first-order chi connectivity index (χ1) is 7.21. The molecule has 82 valence electrons. The van der Waals surface area contributed by atoms with Crippen LogP contribution in [0, 0.1) is 0 Å². The molecular formula is C10H14N2O3. The van der Waals surface area contributed by atoms with Crippen LogP contribution in [0.25, 0.3) is 0 Å². The van der Waals surface area contributed by atoms with Gasteiger partial charge in [-0.3, -0.25) is 0 Å². The molecule has 0 aromatic heterocycles. The van der Waals surface area contributed by atoms with Gasteiger partial charge in [0, 0.05) is 13.1 Å². The third-order valence-electron chi connectivity index (χ3n) is 1.88. The minimum absolute atomic E-state index is 0.293. The number of carbonyl (C=O) groups is 1. The van der Waals surface area contributed by atoms with Gasteiger partial charge in [-0.15, -0.1) is 0 Å². The van der Waals surface area contributed by atoms with Gasteiger partial charge in [0.1, 0.15) is 11.5 Å². The Morgan fingerprint density at radius 1 is 1.27 bits per heavy atom. The summed E-state index contributed by atoms with van der Waals surface area (Å²) in [4.78, 5) is 11.1. The summed E-state index contributed by atoms with van der Waals surface area (Å²) in [7, 11) is 4.65. The van der Waals surface area contributed by atoms with E-state index in [1.807, 2.05) is 0 Å². The van der Waals surface area contributed by atoms with Crippen LogP contribution in [-0.2, 0) is 0 Å². The van der Waals surface area contributed by atoms with Crippen LogP contribution in [0.2, 0.25) is 0 Å². The topological polar surface area (TPSA) is 59.6 Å². The van der Waals surface area contributed by atoms with Gasteiger partial charge in [0.15, 0.2) is 0 Å². The summed E-state index contributed by atoms with van der Waals surface area (Å²) >= 11 is 0. The highest BCUT2D eigenvalue weighted by atomic mass is 16.5. The molecule has 1 rings (SSSR count).